The van der Waals surface area contributed by atoms with Crippen LogP contribution in [0.1, 0.15) is 32.1 Å². The fourth-order valence-electron chi connectivity index (χ4n) is 3.38. The Kier molecular flexibility index (Phi) is 7.94. The SMILES string of the molecule is O=C(COc1ccc(S(=O)(=O)N2CCOCC2)cc1Cl)NCCC1=CCCCC1. The summed E-state index contributed by atoms with van der Waals surface area (Å²) in [5.41, 5.74) is 1.40. The maximum absolute atomic E-state index is 12.7. The summed E-state index contributed by atoms with van der Waals surface area (Å²) in [4.78, 5) is 12.1. The van der Waals surface area contributed by atoms with Crippen molar-refractivity contribution in [3.8, 4) is 5.75 Å². The summed E-state index contributed by atoms with van der Waals surface area (Å²) in [5.74, 6) is 0.0419. The van der Waals surface area contributed by atoms with Crippen molar-refractivity contribution in [2.24, 2.45) is 0 Å². The number of rotatable bonds is 8. The summed E-state index contributed by atoms with van der Waals surface area (Å²) in [6.07, 6.45) is 7.83. The second-order valence-corrected chi connectivity index (χ2v) is 9.45. The molecule has 0 aromatic heterocycles. The van der Waals surface area contributed by atoms with E-state index in [1.807, 2.05) is 0 Å². The smallest absolute Gasteiger partial charge is 0.257 e. The summed E-state index contributed by atoms with van der Waals surface area (Å²) in [6, 6.07) is 4.28. The highest BCUT2D eigenvalue weighted by Crippen LogP contribution is 2.29. The highest BCUT2D eigenvalue weighted by molar-refractivity contribution is 7.89. The third-order valence-electron chi connectivity index (χ3n) is 5.02. The number of hydrogen-bond donors (Lipinski definition) is 1. The molecule has 160 valence electrons. The molecule has 9 heteroatoms. The number of hydrogen-bond acceptors (Lipinski definition) is 5. The van der Waals surface area contributed by atoms with Crippen molar-refractivity contribution in [1.82, 2.24) is 9.62 Å². The number of halogens is 1. The molecule has 1 aromatic rings. The van der Waals surface area contributed by atoms with Crippen molar-refractivity contribution < 1.29 is 22.7 Å². The lowest BCUT2D eigenvalue weighted by Gasteiger charge is -2.26. The second-order valence-electron chi connectivity index (χ2n) is 7.11. The van der Waals surface area contributed by atoms with Crippen LogP contribution in [0, 0.1) is 0 Å². The Morgan fingerprint density at radius 3 is 2.72 bits per heavy atom. The molecule has 2 aliphatic rings. The molecule has 3 rings (SSSR count). The molecular formula is C20H27ClN2O5S. The zero-order valence-electron chi connectivity index (χ0n) is 16.4. The molecule has 1 amide bonds. The Morgan fingerprint density at radius 1 is 1.24 bits per heavy atom. The van der Waals surface area contributed by atoms with E-state index in [0.29, 0.717) is 32.8 Å². The maximum atomic E-state index is 12.7. The van der Waals surface area contributed by atoms with Crippen LogP contribution in [0.2, 0.25) is 5.02 Å². The van der Waals surface area contributed by atoms with E-state index in [4.69, 9.17) is 21.1 Å². The van der Waals surface area contributed by atoms with Gasteiger partial charge in [-0.3, -0.25) is 4.79 Å². The minimum atomic E-state index is -3.63. The standard InChI is InChI=1S/C20H27ClN2O5S/c21-18-14-17(29(25,26)23-10-12-27-13-11-23)6-7-19(18)28-15-20(24)22-9-8-16-4-2-1-3-5-16/h4,6-7,14H,1-3,5,8-13,15H2,(H,22,24). The van der Waals surface area contributed by atoms with Crippen molar-refractivity contribution in [3.63, 3.8) is 0 Å². The van der Waals surface area contributed by atoms with Gasteiger partial charge < -0.3 is 14.8 Å². The van der Waals surface area contributed by atoms with Crippen molar-refractivity contribution in [1.29, 1.82) is 0 Å². The summed E-state index contributed by atoms with van der Waals surface area (Å²) in [6.45, 7) is 1.79. The van der Waals surface area contributed by atoms with Gasteiger partial charge in [0.2, 0.25) is 10.0 Å². The minimum absolute atomic E-state index is 0.0990. The van der Waals surface area contributed by atoms with E-state index >= 15 is 0 Å². The first-order valence-electron chi connectivity index (χ1n) is 9.91. The van der Waals surface area contributed by atoms with Crippen LogP contribution in [0.3, 0.4) is 0 Å². The number of morpholine rings is 1. The van der Waals surface area contributed by atoms with E-state index < -0.39 is 10.0 Å². The van der Waals surface area contributed by atoms with E-state index in [1.54, 1.807) is 0 Å². The number of carbonyl (C=O) groups excluding carboxylic acids is 1. The highest BCUT2D eigenvalue weighted by atomic mass is 35.5. The van der Waals surface area contributed by atoms with Gasteiger partial charge in [0.25, 0.3) is 5.91 Å². The van der Waals surface area contributed by atoms with Gasteiger partial charge >= 0.3 is 0 Å². The van der Waals surface area contributed by atoms with Crippen molar-refractivity contribution >= 4 is 27.5 Å². The lowest BCUT2D eigenvalue weighted by atomic mass is 9.97. The van der Waals surface area contributed by atoms with Crippen LogP contribution in [-0.4, -0.2) is 58.1 Å². The van der Waals surface area contributed by atoms with Gasteiger partial charge in [-0.05, 0) is 50.3 Å². The first-order chi connectivity index (χ1) is 14.0. The molecule has 1 aromatic carbocycles. The van der Waals surface area contributed by atoms with Gasteiger partial charge in [0, 0.05) is 19.6 Å². The fourth-order valence-corrected chi connectivity index (χ4v) is 5.12. The normalized spacial score (nSPS) is 18.2. The first kappa shape index (κ1) is 22.1. The number of nitrogens with zero attached hydrogens (tertiary/aromatic N) is 1. The van der Waals surface area contributed by atoms with E-state index in [0.717, 1.165) is 19.3 Å². The molecule has 29 heavy (non-hydrogen) atoms. The molecule has 1 fully saturated rings. The zero-order chi connectivity index (χ0) is 20.7. The molecule has 7 nitrogen and oxygen atoms in total. The van der Waals surface area contributed by atoms with Gasteiger partial charge in [-0.2, -0.15) is 4.31 Å². The molecule has 1 heterocycles. The third kappa shape index (κ3) is 6.18. The van der Waals surface area contributed by atoms with Crippen LogP contribution < -0.4 is 10.1 Å². The predicted molar refractivity (Wildman–Crippen MR) is 111 cm³/mol. The zero-order valence-corrected chi connectivity index (χ0v) is 17.9. The molecule has 1 aliphatic heterocycles. The maximum Gasteiger partial charge on any atom is 0.257 e. The fraction of sp³-hybridized carbons (Fsp3) is 0.550. The van der Waals surface area contributed by atoms with E-state index in [-0.39, 0.29) is 28.2 Å². The average Bonchev–Trinajstić information content (AvgIpc) is 2.74. The molecule has 0 spiro atoms. The summed E-state index contributed by atoms with van der Waals surface area (Å²) >= 11 is 6.19. The van der Waals surface area contributed by atoms with Crippen LogP contribution >= 0.6 is 11.6 Å². The number of ether oxygens (including phenoxy) is 2. The quantitative estimate of drug-likeness (QED) is 0.626. The van der Waals surface area contributed by atoms with E-state index in [2.05, 4.69) is 11.4 Å². The Morgan fingerprint density at radius 2 is 2.03 bits per heavy atom. The number of benzene rings is 1. The van der Waals surface area contributed by atoms with E-state index in [1.165, 1.54) is 40.9 Å². The number of amides is 1. The van der Waals surface area contributed by atoms with Crippen molar-refractivity contribution in [3.05, 3.63) is 34.9 Å². The number of nitrogens with one attached hydrogen (secondary N) is 1. The number of sulfonamides is 1. The van der Waals surface area contributed by atoms with Crippen LogP contribution in [0.15, 0.2) is 34.7 Å². The Labute approximate surface area is 177 Å². The molecule has 1 aliphatic carbocycles. The molecule has 0 bridgehead atoms. The average molecular weight is 443 g/mol. The predicted octanol–water partition coefficient (Wildman–Crippen LogP) is 2.75. The molecule has 0 unspecified atom stereocenters. The minimum Gasteiger partial charge on any atom is -0.482 e. The van der Waals surface area contributed by atoms with Crippen LogP contribution in [0.25, 0.3) is 0 Å². The molecule has 0 radical (unpaired) electrons. The lowest BCUT2D eigenvalue weighted by molar-refractivity contribution is -0.123. The molecule has 0 saturated carbocycles. The third-order valence-corrected chi connectivity index (χ3v) is 7.21. The summed E-state index contributed by atoms with van der Waals surface area (Å²) in [7, 11) is -3.63. The summed E-state index contributed by atoms with van der Waals surface area (Å²) < 4.78 is 37.4. The van der Waals surface area contributed by atoms with Crippen molar-refractivity contribution in [2.45, 2.75) is 37.0 Å². The Bertz CT molecular complexity index is 850. The molecule has 0 atom stereocenters. The Hall–Kier alpha value is -1.61. The lowest BCUT2D eigenvalue weighted by Crippen LogP contribution is -2.40. The number of allylic oxidation sites excluding steroid dienone is 1. The number of carbonyl (C=O) groups is 1. The topological polar surface area (TPSA) is 84.9 Å². The molecular weight excluding hydrogens is 416 g/mol. The first-order valence-corrected chi connectivity index (χ1v) is 11.7. The van der Waals surface area contributed by atoms with Crippen LogP contribution in [0.4, 0.5) is 0 Å². The molecule has 1 saturated heterocycles. The van der Waals surface area contributed by atoms with Crippen LogP contribution in [0.5, 0.6) is 5.75 Å². The van der Waals surface area contributed by atoms with Gasteiger partial charge in [0.15, 0.2) is 6.61 Å². The van der Waals surface area contributed by atoms with Gasteiger partial charge in [-0.25, -0.2) is 8.42 Å². The largest absolute Gasteiger partial charge is 0.482 e. The second kappa shape index (κ2) is 10.4. The summed E-state index contributed by atoms with van der Waals surface area (Å²) in [5, 5.41) is 2.99. The molecule has 1 N–H and O–H groups in total. The van der Waals surface area contributed by atoms with Gasteiger partial charge in [0.05, 0.1) is 23.1 Å². The van der Waals surface area contributed by atoms with Crippen molar-refractivity contribution in [2.75, 3.05) is 39.5 Å². The monoisotopic (exact) mass is 442 g/mol. The van der Waals surface area contributed by atoms with E-state index in [9.17, 15) is 13.2 Å². The van der Waals surface area contributed by atoms with Gasteiger partial charge in [-0.1, -0.05) is 23.3 Å². The highest BCUT2D eigenvalue weighted by Gasteiger charge is 2.27. The van der Waals surface area contributed by atoms with Crippen LogP contribution in [-0.2, 0) is 19.6 Å². The Balaban J connectivity index is 1.49. The van der Waals surface area contributed by atoms with Gasteiger partial charge in [0.1, 0.15) is 5.75 Å². The van der Waals surface area contributed by atoms with Gasteiger partial charge in [-0.15, -0.1) is 0 Å².